The molecule has 0 fully saturated rings. The summed E-state index contributed by atoms with van der Waals surface area (Å²) in [6.45, 7) is 1.55. The van der Waals surface area contributed by atoms with Crippen LogP contribution in [0.25, 0.3) is 0 Å². The summed E-state index contributed by atoms with van der Waals surface area (Å²) >= 11 is 0. The van der Waals surface area contributed by atoms with Crippen LogP contribution in [0.2, 0.25) is 0 Å². The van der Waals surface area contributed by atoms with Crippen molar-refractivity contribution in [1.29, 1.82) is 0 Å². The smallest absolute Gasteiger partial charge is 0.256 e. The van der Waals surface area contributed by atoms with Crippen molar-refractivity contribution in [2.45, 2.75) is 24.7 Å². The molecule has 1 aliphatic heterocycles. The van der Waals surface area contributed by atoms with E-state index in [9.17, 15) is 13.2 Å². The molecule has 0 saturated heterocycles. The van der Waals surface area contributed by atoms with Crippen LogP contribution in [0.3, 0.4) is 0 Å². The molecule has 2 aromatic rings. The summed E-state index contributed by atoms with van der Waals surface area (Å²) in [5.41, 5.74) is 1.48. The molecule has 3 rings (SSSR count). The summed E-state index contributed by atoms with van der Waals surface area (Å²) in [5, 5.41) is -0.282. The third-order valence-electron chi connectivity index (χ3n) is 4.19. The lowest BCUT2D eigenvalue weighted by Gasteiger charge is -2.27. The first-order valence-corrected chi connectivity index (χ1v) is 9.83. The van der Waals surface area contributed by atoms with Crippen molar-refractivity contribution < 1.29 is 17.9 Å². The molecule has 0 amide bonds. The standard InChI is InChI=1S/C16H20N4O5S/c1-24-13-5-4-10(15(18-13)25-2)8-20-7-6-12-11(9-20)14(21)19-16(17-12)26(3,22)23/h4-5H,6-9H2,1-3H3,(H,17,19,21). The fourth-order valence-electron chi connectivity index (χ4n) is 2.87. The number of nitrogens with one attached hydrogen (secondary N) is 1. The monoisotopic (exact) mass is 380 g/mol. The maximum Gasteiger partial charge on any atom is 0.256 e. The van der Waals surface area contributed by atoms with Crippen molar-refractivity contribution in [2.75, 3.05) is 27.0 Å². The minimum Gasteiger partial charge on any atom is -0.481 e. The molecule has 9 nitrogen and oxygen atoms in total. The summed E-state index contributed by atoms with van der Waals surface area (Å²) in [6, 6.07) is 3.62. The van der Waals surface area contributed by atoms with Crippen LogP contribution in [0.5, 0.6) is 11.8 Å². The highest BCUT2D eigenvalue weighted by Gasteiger charge is 2.24. The maximum absolute atomic E-state index is 12.3. The second-order valence-electron chi connectivity index (χ2n) is 6.05. The molecule has 3 heterocycles. The number of pyridine rings is 1. The minimum atomic E-state index is -3.55. The van der Waals surface area contributed by atoms with Gasteiger partial charge in [0, 0.05) is 43.9 Å². The predicted molar refractivity (Wildman–Crippen MR) is 93.1 cm³/mol. The molecule has 0 aliphatic carbocycles. The molecule has 0 atom stereocenters. The van der Waals surface area contributed by atoms with E-state index in [0.717, 1.165) is 11.8 Å². The van der Waals surface area contributed by atoms with E-state index in [-0.39, 0.29) is 5.16 Å². The van der Waals surface area contributed by atoms with Gasteiger partial charge in [-0.2, -0.15) is 4.98 Å². The molecule has 2 aromatic heterocycles. The zero-order chi connectivity index (χ0) is 18.9. The fraction of sp³-hybridized carbons (Fsp3) is 0.438. The molecule has 0 unspecified atom stereocenters. The van der Waals surface area contributed by atoms with Gasteiger partial charge in [-0.1, -0.05) is 0 Å². The van der Waals surface area contributed by atoms with Gasteiger partial charge in [-0.15, -0.1) is 0 Å². The van der Waals surface area contributed by atoms with Crippen LogP contribution in [0, 0.1) is 0 Å². The molecule has 0 spiro atoms. The van der Waals surface area contributed by atoms with Crippen molar-refractivity contribution >= 4 is 9.84 Å². The Balaban J connectivity index is 1.84. The number of methoxy groups -OCH3 is 2. The van der Waals surface area contributed by atoms with Gasteiger partial charge in [-0.05, 0) is 6.07 Å². The number of ether oxygens (including phenoxy) is 2. The van der Waals surface area contributed by atoms with E-state index in [1.807, 2.05) is 6.07 Å². The molecule has 0 aromatic carbocycles. The van der Waals surface area contributed by atoms with Gasteiger partial charge < -0.3 is 9.47 Å². The average Bonchev–Trinajstić information content (AvgIpc) is 2.61. The molecular formula is C16H20N4O5S. The van der Waals surface area contributed by atoms with E-state index in [0.29, 0.717) is 49.1 Å². The number of hydrogen-bond acceptors (Lipinski definition) is 8. The van der Waals surface area contributed by atoms with E-state index < -0.39 is 15.4 Å². The first-order chi connectivity index (χ1) is 12.3. The molecule has 26 heavy (non-hydrogen) atoms. The highest BCUT2D eigenvalue weighted by atomic mass is 32.2. The molecule has 1 aliphatic rings. The van der Waals surface area contributed by atoms with Crippen molar-refractivity contribution in [3.8, 4) is 11.8 Å². The number of hydrogen-bond donors (Lipinski definition) is 1. The number of aromatic amines is 1. The normalized spacial score (nSPS) is 14.7. The van der Waals surface area contributed by atoms with E-state index in [4.69, 9.17) is 9.47 Å². The Bertz CT molecular complexity index is 987. The fourth-order valence-corrected chi connectivity index (χ4v) is 3.43. The summed E-state index contributed by atoms with van der Waals surface area (Å²) in [6.07, 6.45) is 1.52. The van der Waals surface area contributed by atoms with Crippen LogP contribution in [0.1, 0.15) is 16.8 Å². The van der Waals surface area contributed by atoms with Gasteiger partial charge in [0.05, 0.1) is 25.5 Å². The number of fused-ring (bicyclic) bond motifs is 1. The zero-order valence-corrected chi connectivity index (χ0v) is 15.6. The number of sulfone groups is 1. The van der Waals surface area contributed by atoms with Crippen LogP contribution >= 0.6 is 0 Å². The lowest BCUT2D eigenvalue weighted by atomic mass is 10.1. The van der Waals surface area contributed by atoms with Gasteiger partial charge in [0.2, 0.25) is 26.8 Å². The van der Waals surface area contributed by atoms with Gasteiger partial charge in [-0.25, -0.2) is 13.4 Å². The van der Waals surface area contributed by atoms with Gasteiger partial charge in [0.15, 0.2) is 0 Å². The van der Waals surface area contributed by atoms with Crippen molar-refractivity contribution in [1.82, 2.24) is 19.9 Å². The summed E-state index contributed by atoms with van der Waals surface area (Å²) in [5.74, 6) is 0.929. The van der Waals surface area contributed by atoms with Crippen molar-refractivity contribution in [3.05, 3.63) is 39.3 Å². The van der Waals surface area contributed by atoms with E-state index in [2.05, 4.69) is 19.9 Å². The highest BCUT2D eigenvalue weighted by molar-refractivity contribution is 7.90. The molecule has 140 valence electrons. The van der Waals surface area contributed by atoms with E-state index >= 15 is 0 Å². The molecule has 0 saturated carbocycles. The summed E-state index contributed by atoms with van der Waals surface area (Å²) < 4.78 is 33.7. The van der Waals surface area contributed by atoms with Gasteiger partial charge >= 0.3 is 0 Å². The third kappa shape index (κ3) is 3.70. The van der Waals surface area contributed by atoms with Crippen LogP contribution in [-0.4, -0.2) is 55.3 Å². The molecule has 1 N–H and O–H groups in total. The Morgan fingerprint density at radius 1 is 1.23 bits per heavy atom. The SMILES string of the molecule is COc1ccc(CN2CCc3nc(S(C)(=O)=O)[nH]c(=O)c3C2)c(OC)n1. The van der Waals surface area contributed by atoms with E-state index in [1.54, 1.807) is 6.07 Å². The van der Waals surface area contributed by atoms with Crippen molar-refractivity contribution in [2.24, 2.45) is 0 Å². The van der Waals surface area contributed by atoms with Crippen molar-refractivity contribution in [3.63, 3.8) is 0 Å². The summed E-state index contributed by atoms with van der Waals surface area (Å²) in [7, 11) is -0.479. The Labute approximate surface area is 150 Å². The van der Waals surface area contributed by atoms with Gasteiger partial charge in [-0.3, -0.25) is 14.7 Å². The van der Waals surface area contributed by atoms with Crippen LogP contribution in [0.15, 0.2) is 22.1 Å². The first kappa shape index (κ1) is 18.3. The van der Waals surface area contributed by atoms with Crippen LogP contribution in [0.4, 0.5) is 0 Å². The van der Waals surface area contributed by atoms with Gasteiger partial charge in [0.25, 0.3) is 5.56 Å². The second-order valence-corrected chi connectivity index (χ2v) is 7.98. The van der Waals surface area contributed by atoms with Gasteiger partial charge in [0.1, 0.15) is 0 Å². The predicted octanol–water partition coefficient (Wildman–Crippen LogP) is 0.144. The number of H-pyrrole nitrogens is 1. The number of rotatable bonds is 5. The molecule has 0 radical (unpaired) electrons. The maximum atomic E-state index is 12.3. The number of aromatic nitrogens is 3. The second kappa shape index (κ2) is 7.04. The zero-order valence-electron chi connectivity index (χ0n) is 14.8. The summed E-state index contributed by atoms with van der Waals surface area (Å²) in [4.78, 5) is 25.1. The Morgan fingerprint density at radius 2 is 2.00 bits per heavy atom. The average molecular weight is 380 g/mol. The molecule has 0 bridgehead atoms. The quantitative estimate of drug-likeness (QED) is 0.729. The van der Waals surface area contributed by atoms with Crippen LogP contribution < -0.4 is 15.0 Å². The minimum absolute atomic E-state index is 0.282. The lowest BCUT2D eigenvalue weighted by molar-refractivity contribution is 0.235. The largest absolute Gasteiger partial charge is 0.481 e. The lowest BCUT2D eigenvalue weighted by Crippen LogP contribution is -2.36. The topological polar surface area (TPSA) is 114 Å². The molecular weight excluding hydrogens is 360 g/mol. The highest BCUT2D eigenvalue weighted by Crippen LogP contribution is 2.23. The Morgan fingerprint density at radius 3 is 2.65 bits per heavy atom. The third-order valence-corrected chi connectivity index (χ3v) is 5.08. The molecule has 10 heteroatoms. The van der Waals surface area contributed by atoms with Crippen LogP contribution in [-0.2, 0) is 29.3 Å². The Kier molecular flexibility index (Phi) is 4.97. The first-order valence-electron chi connectivity index (χ1n) is 7.94. The Hall–Kier alpha value is -2.46. The van der Waals surface area contributed by atoms with E-state index in [1.165, 1.54) is 14.2 Å². The number of nitrogens with zero attached hydrogens (tertiary/aromatic N) is 3.